The van der Waals surface area contributed by atoms with E-state index in [4.69, 9.17) is 9.47 Å². The summed E-state index contributed by atoms with van der Waals surface area (Å²) in [7, 11) is -4.17. The normalized spacial score (nSPS) is 15.7. The summed E-state index contributed by atoms with van der Waals surface area (Å²) in [5, 5.41) is 11.1. The minimum Gasteiger partial charge on any atom is -0.489 e. The second-order valence-electron chi connectivity index (χ2n) is 5.49. The van der Waals surface area contributed by atoms with Crippen molar-refractivity contribution in [2.45, 2.75) is 17.9 Å². The van der Waals surface area contributed by atoms with E-state index in [1.54, 1.807) is 6.07 Å². The van der Waals surface area contributed by atoms with Crippen molar-refractivity contribution in [3.63, 3.8) is 0 Å². The number of carbonyl (C=O) groups excluding carboxylic acids is 1. The molecule has 1 aliphatic rings. The lowest BCUT2D eigenvalue weighted by atomic mass is 10.1. The fourth-order valence-electron chi connectivity index (χ4n) is 2.59. The Morgan fingerprint density at radius 1 is 1.31 bits per heavy atom. The molecule has 9 nitrogen and oxygen atoms in total. The molecule has 0 saturated carbocycles. The lowest BCUT2D eigenvalue weighted by Gasteiger charge is -2.11. The number of sulfonamides is 1. The van der Waals surface area contributed by atoms with Crippen LogP contribution < -0.4 is 9.46 Å². The van der Waals surface area contributed by atoms with Gasteiger partial charge in [0.15, 0.2) is 11.0 Å². The van der Waals surface area contributed by atoms with Gasteiger partial charge in [-0.3, -0.25) is 19.6 Å². The van der Waals surface area contributed by atoms with E-state index in [9.17, 15) is 23.3 Å². The molecule has 1 atom stereocenters. The first kappa shape index (κ1) is 17.7. The molecule has 0 spiro atoms. The number of hydrogen-bond donors (Lipinski definition) is 1. The lowest BCUT2D eigenvalue weighted by molar-refractivity contribution is -0.387. The monoisotopic (exact) mass is 378 g/mol. The Labute approximate surface area is 148 Å². The molecule has 0 radical (unpaired) electrons. The fraction of sp³-hybridized carbons (Fsp3) is 0.188. The lowest BCUT2D eigenvalue weighted by Crippen LogP contribution is -2.14. The summed E-state index contributed by atoms with van der Waals surface area (Å²) < 4.78 is 37.8. The number of ether oxygens (including phenoxy) is 2. The Bertz CT molecular complexity index is 988. The molecule has 0 aromatic heterocycles. The van der Waals surface area contributed by atoms with Crippen LogP contribution in [0.5, 0.6) is 5.75 Å². The first-order valence-corrected chi connectivity index (χ1v) is 8.96. The third-order valence-corrected chi connectivity index (χ3v) is 5.09. The highest BCUT2D eigenvalue weighted by molar-refractivity contribution is 7.92. The SMILES string of the molecule is CC(=O)O[C@@H]1COc2cc(NS(=O)(=O)c3ccccc3[N+](=O)[O-])ccc21. The van der Waals surface area contributed by atoms with Crippen LogP contribution in [0, 0.1) is 10.1 Å². The van der Waals surface area contributed by atoms with Crippen molar-refractivity contribution in [1.82, 2.24) is 0 Å². The van der Waals surface area contributed by atoms with Crippen molar-refractivity contribution in [2.75, 3.05) is 11.3 Å². The smallest absolute Gasteiger partial charge is 0.303 e. The van der Waals surface area contributed by atoms with E-state index >= 15 is 0 Å². The molecule has 26 heavy (non-hydrogen) atoms. The van der Waals surface area contributed by atoms with Crippen LogP contribution >= 0.6 is 0 Å². The highest BCUT2D eigenvalue weighted by Gasteiger charge is 2.29. The molecule has 0 fully saturated rings. The zero-order valence-corrected chi connectivity index (χ0v) is 14.4. The molecule has 3 rings (SSSR count). The van der Waals surface area contributed by atoms with Crippen LogP contribution in [0.4, 0.5) is 11.4 Å². The maximum Gasteiger partial charge on any atom is 0.303 e. The Kier molecular flexibility index (Phi) is 4.51. The number of nitrogens with zero attached hydrogens (tertiary/aromatic N) is 1. The molecule has 0 unspecified atom stereocenters. The predicted molar refractivity (Wildman–Crippen MR) is 90.3 cm³/mol. The molecule has 0 aliphatic carbocycles. The maximum absolute atomic E-state index is 12.5. The van der Waals surface area contributed by atoms with Crippen molar-refractivity contribution in [1.29, 1.82) is 0 Å². The average molecular weight is 378 g/mol. The molecule has 136 valence electrons. The molecule has 0 bridgehead atoms. The van der Waals surface area contributed by atoms with E-state index in [1.807, 2.05) is 0 Å². The number of para-hydroxylation sites is 1. The second-order valence-corrected chi connectivity index (χ2v) is 7.14. The van der Waals surface area contributed by atoms with Crippen molar-refractivity contribution in [3.8, 4) is 5.75 Å². The van der Waals surface area contributed by atoms with Gasteiger partial charge in [0.1, 0.15) is 12.4 Å². The maximum atomic E-state index is 12.5. The molecule has 1 aliphatic heterocycles. The highest BCUT2D eigenvalue weighted by atomic mass is 32.2. The molecule has 10 heteroatoms. The van der Waals surface area contributed by atoms with Gasteiger partial charge in [-0.1, -0.05) is 12.1 Å². The van der Waals surface area contributed by atoms with Crippen LogP contribution in [0.3, 0.4) is 0 Å². The van der Waals surface area contributed by atoms with E-state index in [2.05, 4.69) is 4.72 Å². The predicted octanol–water partition coefficient (Wildman–Crippen LogP) is 2.39. The summed E-state index contributed by atoms with van der Waals surface area (Å²) >= 11 is 0. The number of nitrogens with one attached hydrogen (secondary N) is 1. The van der Waals surface area contributed by atoms with Gasteiger partial charge in [0.25, 0.3) is 15.7 Å². The molecule has 1 heterocycles. The largest absolute Gasteiger partial charge is 0.489 e. The van der Waals surface area contributed by atoms with E-state index in [-0.39, 0.29) is 12.3 Å². The minimum absolute atomic E-state index is 0.134. The summed E-state index contributed by atoms with van der Waals surface area (Å²) in [5.41, 5.74) is 0.270. The number of anilines is 1. The molecular formula is C16H14N2O7S. The van der Waals surface area contributed by atoms with Crippen LogP contribution in [-0.4, -0.2) is 25.9 Å². The summed E-state index contributed by atoms with van der Waals surface area (Å²) in [6.45, 7) is 1.42. The number of fused-ring (bicyclic) bond motifs is 1. The number of hydrogen-bond acceptors (Lipinski definition) is 7. The Morgan fingerprint density at radius 2 is 2.04 bits per heavy atom. The zero-order chi connectivity index (χ0) is 18.9. The van der Waals surface area contributed by atoms with Crippen LogP contribution in [0.25, 0.3) is 0 Å². The first-order valence-electron chi connectivity index (χ1n) is 7.48. The Balaban J connectivity index is 1.88. The molecule has 2 aromatic carbocycles. The first-order chi connectivity index (χ1) is 12.3. The molecule has 2 aromatic rings. The van der Waals surface area contributed by atoms with Gasteiger partial charge in [-0.15, -0.1) is 0 Å². The van der Waals surface area contributed by atoms with Gasteiger partial charge >= 0.3 is 5.97 Å². The topological polar surface area (TPSA) is 125 Å². The van der Waals surface area contributed by atoms with Crippen LogP contribution in [0.2, 0.25) is 0 Å². The van der Waals surface area contributed by atoms with Gasteiger partial charge in [0.05, 0.1) is 10.6 Å². The molecule has 0 saturated heterocycles. The van der Waals surface area contributed by atoms with Crippen LogP contribution in [0.1, 0.15) is 18.6 Å². The minimum atomic E-state index is -4.17. The van der Waals surface area contributed by atoms with E-state index < -0.39 is 37.6 Å². The highest BCUT2D eigenvalue weighted by Crippen LogP contribution is 2.37. The van der Waals surface area contributed by atoms with Crippen LogP contribution in [-0.2, 0) is 19.6 Å². The molecule has 0 amide bonds. The third-order valence-electron chi connectivity index (χ3n) is 3.66. The number of esters is 1. The number of nitro benzene ring substituents is 1. The van der Waals surface area contributed by atoms with E-state index in [0.29, 0.717) is 11.3 Å². The summed E-state index contributed by atoms with van der Waals surface area (Å²) in [6, 6.07) is 9.53. The van der Waals surface area contributed by atoms with Gasteiger partial charge in [-0.05, 0) is 18.2 Å². The third kappa shape index (κ3) is 3.45. The quantitative estimate of drug-likeness (QED) is 0.481. The second kappa shape index (κ2) is 6.64. The number of rotatable bonds is 5. The molecule has 1 N–H and O–H groups in total. The Hall–Kier alpha value is -3.14. The number of carbonyl (C=O) groups is 1. The number of benzene rings is 2. The van der Waals surface area contributed by atoms with Gasteiger partial charge in [-0.2, -0.15) is 0 Å². The summed E-state index contributed by atoms with van der Waals surface area (Å²) in [6.07, 6.45) is -0.552. The van der Waals surface area contributed by atoms with E-state index in [0.717, 1.165) is 12.1 Å². The zero-order valence-electron chi connectivity index (χ0n) is 13.5. The van der Waals surface area contributed by atoms with Crippen molar-refractivity contribution in [2.24, 2.45) is 0 Å². The average Bonchev–Trinajstić information content (AvgIpc) is 2.96. The van der Waals surface area contributed by atoms with Gasteiger partial charge in [-0.25, -0.2) is 8.42 Å². The van der Waals surface area contributed by atoms with E-state index in [1.165, 1.54) is 31.2 Å². The summed E-state index contributed by atoms with van der Waals surface area (Å²) in [4.78, 5) is 20.9. The van der Waals surface area contributed by atoms with Gasteiger partial charge in [0, 0.05) is 24.6 Å². The Morgan fingerprint density at radius 3 is 2.73 bits per heavy atom. The van der Waals surface area contributed by atoms with Crippen molar-refractivity contribution in [3.05, 3.63) is 58.1 Å². The van der Waals surface area contributed by atoms with Gasteiger partial charge in [0.2, 0.25) is 0 Å². The molecular weight excluding hydrogens is 364 g/mol. The van der Waals surface area contributed by atoms with Crippen molar-refractivity contribution < 1.29 is 27.6 Å². The van der Waals surface area contributed by atoms with Crippen LogP contribution in [0.15, 0.2) is 47.4 Å². The fourth-order valence-corrected chi connectivity index (χ4v) is 3.81. The summed E-state index contributed by atoms with van der Waals surface area (Å²) in [5.74, 6) is -0.0772. The van der Waals surface area contributed by atoms with Crippen molar-refractivity contribution >= 4 is 27.4 Å². The standard InChI is InChI=1S/C16H14N2O7S/c1-10(19)25-15-9-24-14-8-11(6-7-12(14)15)17-26(22,23)16-5-3-2-4-13(16)18(20)21/h2-8,15,17H,9H2,1H3/t15-/m1/s1. The number of nitro groups is 1. The van der Waals surface area contributed by atoms with Gasteiger partial charge < -0.3 is 9.47 Å².